The number of aromatic nitrogens is 2. The first kappa shape index (κ1) is 12.3. The van der Waals surface area contributed by atoms with E-state index in [0.29, 0.717) is 19.4 Å². The standard InChI is InChI=1S/C11H13N3O4/c15-9(7-13-5-2-4-12-11(13)18)14-6-1-3-8(14)10(16)17/h2,4-5,8H,1,3,6-7H2,(H,16,17)/t8-/m0/s1. The summed E-state index contributed by atoms with van der Waals surface area (Å²) in [7, 11) is 0. The fourth-order valence-corrected chi connectivity index (χ4v) is 2.07. The quantitative estimate of drug-likeness (QED) is 0.768. The minimum Gasteiger partial charge on any atom is -0.480 e. The highest BCUT2D eigenvalue weighted by Gasteiger charge is 2.33. The van der Waals surface area contributed by atoms with Gasteiger partial charge in [0.25, 0.3) is 0 Å². The first-order valence-corrected chi connectivity index (χ1v) is 5.63. The number of carbonyl (C=O) groups is 2. The molecule has 0 spiro atoms. The maximum absolute atomic E-state index is 12.0. The van der Waals surface area contributed by atoms with Crippen molar-refractivity contribution in [2.45, 2.75) is 25.4 Å². The fourth-order valence-electron chi connectivity index (χ4n) is 2.07. The summed E-state index contributed by atoms with van der Waals surface area (Å²) in [6.45, 7) is 0.251. The lowest BCUT2D eigenvalue weighted by molar-refractivity contribution is -0.148. The zero-order valence-corrected chi connectivity index (χ0v) is 9.65. The average molecular weight is 251 g/mol. The van der Waals surface area contributed by atoms with Crippen molar-refractivity contribution in [1.82, 2.24) is 14.5 Å². The van der Waals surface area contributed by atoms with Gasteiger partial charge in [0.1, 0.15) is 12.6 Å². The van der Waals surface area contributed by atoms with Crippen LogP contribution in [0.4, 0.5) is 0 Å². The van der Waals surface area contributed by atoms with E-state index in [1.165, 1.54) is 21.9 Å². The highest BCUT2D eigenvalue weighted by Crippen LogP contribution is 2.17. The van der Waals surface area contributed by atoms with E-state index in [1.54, 1.807) is 6.07 Å². The Hall–Kier alpha value is -2.18. The summed E-state index contributed by atoms with van der Waals surface area (Å²) < 4.78 is 1.17. The van der Waals surface area contributed by atoms with E-state index >= 15 is 0 Å². The maximum atomic E-state index is 12.0. The number of hydrogen-bond acceptors (Lipinski definition) is 4. The van der Waals surface area contributed by atoms with Crippen LogP contribution in [-0.4, -0.2) is 44.0 Å². The van der Waals surface area contributed by atoms with Gasteiger partial charge in [0.05, 0.1) is 0 Å². The van der Waals surface area contributed by atoms with Crippen LogP contribution in [0.2, 0.25) is 0 Å². The maximum Gasteiger partial charge on any atom is 0.347 e. The molecule has 1 atom stereocenters. The molecule has 0 aliphatic carbocycles. The molecule has 7 nitrogen and oxygen atoms in total. The number of rotatable bonds is 3. The highest BCUT2D eigenvalue weighted by molar-refractivity contribution is 5.84. The minimum atomic E-state index is -1.00. The van der Waals surface area contributed by atoms with Crippen molar-refractivity contribution in [1.29, 1.82) is 0 Å². The third-order valence-corrected chi connectivity index (χ3v) is 2.95. The van der Waals surface area contributed by atoms with Crippen LogP contribution < -0.4 is 5.69 Å². The van der Waals surface area contributed by atoms with Gasteiger partial charge in [-0.2, -0.15) is 0 Å². The largest absolute Gasteiger partial charge is 0.480 e. The molecule has 2 heterocycles. The SMILES string of the molecule is O=C(O)[C@@H]1CCCN1C(=O)Cn1cccnc1=O. The Morgan fingerprint density at radius 1 is 1.50 bits per heavy atom. The molecule has 0 unspecified atom stereocenters. The number of carboxylic acid groups (broad SMARTS) is 1. The Labute approximate surface area is 103 Å². The molecule has 1 aliphatic rings. The normalized spacial score (nSPS) is 18.9. The molecule has 1 fully saturated rings. The molecule has 0 radical (unpaired) electrons. The summed E-state index contributed by atoms with van der Waals surface area (Å²) in [4.78, 5) is 39.1. The molecule has 1 N–H and O–H groups in total. The van der Waals surface area contributed by atoms with Gasteiger partial charge in [0.15, 0.2) is 0 Å². The molecule has 2 rings (SSSR count). The van der Waals surface area contributed by atoms with Crippen molar-refractivity contribution in [2.24, 2.45) is 0 Å². The van der Waals surface area contributed by atoms with Crippen LogP contribution in [0.15, 0.2) is 23.3 Å². The minimum absolute atomic E-state index is 0.170. The zero-order valence-electron chi connectivity index (χ0n) is 9.65. The van der Waals surface area contributed by atoms with Crippen LogP contribution in [0, 0.1) is 0 Å². The van der Waals surface area contributed by atoms with Crippen molar-refractivity contribution in [3.05, 3.63) is 28.9 Å². The second kappa shape index (κ2) is 4.99. The van der Waals surface area contributed by atoms with E-state index in [2.05, 4.69) is 4.98 Å². The van der Waals surface area contributed by atoms with E-state index in [9.17, 15) is 14.4 Å². The fraction of sp³-hybridized carbons (Fsp3) is 0.455. The molecule has 0 saturated carbocycles. The Morgan fingerprint density at radius 3 is 2.94 bits per heavy atom. The van der Waals surface area contributed by atoms with Crippen molar-refractivity contribution >= 4 is 11.9 Å². The van der Waals surface area contributed by atoms with Gasteiger partial charge in [0.2, 0.25) is 5.91 Å². The lowest BCUT2D eigenvalue weighted by Gasteiger charge is -2.21. The molecule has 1 aromatic heterocycles. The topological polar surface area (TPSA) is 92.5 Å². The van der Waals surface area contributed by atoms with Crippen molar-refractivity contribution in [3.8, 4) is 0 Å². The summed E-state index contributed by atoms with van der Waals surface area (Å²) in [5.74, 6) is -1.37. The molecule has 1 amide bonds. The Bertz CT molecular complexity index is 525. The number of aliphatic carboxylic acids is 1. The van der Waals surface area contributed by atoms with Crippen LogP contribution >= 0.6 is 0 Å². The molecule has 1 aliphatic heterocycles. The smallest absolute Gasteiger partial charge is 0.347 e. The number of carbonyl (C=O) groups excluding carboxylic acids is 1. The second-order valence-corrected chi connectivity index (χ2v) is 4.11. The van der Waals surface area contributed by atoms with Crippen LogP contribution in [0.5, 0.6) is 0 Å². The molecule has 1 saturated heterocycles. The first-order valence-electron chi connectivity index (χ1n) is 5.63. The van der Waals surface area contributed by atoms with E-state index < -0.39 is 17.7 Å². The number of likely N-dealkylation sites (tertiary alicyclic amines) is 1. The Kier molecular flexibility index (Phi) is 3.40. The van der Waals surface area contributed by atoms with E-state index in [4.69, 9.17) is 5.11 Å². The molecule has 7 heteroatoms. The molecular formula is C11H13N3O4. The van der Waals surface area contributed by atoms with Gasteiger partial charge in [0, 0.05) is 18.9 Å². The number of nitrogens with zero attached hydrogens (tertiary/aromatic N) is 3. The first-order chi connectivity index (χ1) is 8.59. The Morgan fingerprint density at radius 2 is 2.28 bits per heavy atom. The highest BCUT2D eigenvalue weighted by atomic mass is 16.4. The monoisotopic (exact) mass is 251 g/mol. The van der Waals surface area contributed by atoms with E-state index in [0.717, 1.165) is 0 Å². The van der Waals surface area contributed by atoms with Crippen molar-refractivity contribution < 1.29 is 14.7 Å². The zero-order chi connectivity index (χ0) is 13.1. The summed E-state index contributed by atoms with van der Waals surface area (Å²) >= 11 is 0. The number of hydrogen-bond donors (Lipinski definition) is 1. The average Bonchev–Trinajstić information content (AvgIpc) is 2.81. The van der Waals surface area contributed by atoms with Crippen molar-refractivity contribution in [3.63, 3.8) is 0 Å². The molecule has 18 heavy (non-hydrogen) atoms. The van der Waals surface area contributed by atoms with Crippen molar-refractivity contribution in [2.75, 3.05) is 6.54 Å². The van der Waals surface area contributed by atoms with Gasteiger partial charge in [-0.05, 0) is 18.9 Å². The van der Waals surface area contributed by atoms with Gasteiger partial charge in [-0.3, -0.25) is 9.36 Å². The predicted molar refractivity (Wildman–Crippen MR) is 60.9 cm³/mol. The summed E-state index contributed by atoms with van der Waals surface area (Å²) in [6.07, 6.45) is 3.94. The predicted octanol–water partition coefficient (Wildman–Crippen LogP) is -0.681. The van der Waals surface area contributed by atoms with Gasteiger partial charge >= 0.3 is 11.7 Å². The molecule has 1 aromatic rings. The second-order valence-electron chi connectivity index (χ2n) is 4.11. The third kappa shape index (κ3) is 2.39. The molecular weight excluding hydrogens is 238 g/mol. The van der Waals surface area contributed by atoms with Gasteiger partial charge in [-0.1, -0.05) is 0 Å². The van der Waals surface area contributed by atoms with Crippen LogP contribution in [0.3, 0.4) is 0 Å². The number of carboxylic acids is 1. The van der Waals surface area contributed by atoms with E-state index in [1.807, 2.05) is 0 Å². The van der Waals surface area contributed by atoms with E-state index in [-0.39, 0.29) is 12.5 Å². The Balaban J connectivity index is 2.11. The van der Waals surface area contributed by atoms with Gasteiger partial charge in [-0.25, -0.2) is 14.6 Å². The van der Waals surface area contributed by atoms with Gasteiger partial charge < -0.3 is 10.0 Å². The third-order valence-electron chi connectivity index (χ3n) is 2.95. The molecule has 0 bridgehead atoms. The lowest BCUT2D eigenvalue weighted by Crippen LogP contribution is -2.43. The summed E-state index contributed by atoms with van der Waals surface area (Å²) in [5.41, 5.74) is -0.517. The van der Waals surface area contributed by atoms with Crippen LogP contribution in [-0.2, 0) is 16.1 Å². The van der Waals surface area contributed by atoms with Crippen LogP contribution in [0.1, 0.15) is 12.8 Å². The summed E-state index contributed by atoms with van der Waals surface area (Å²) in [6, 6.07) is 0.776. The van der Waals surface area contributed by atoms with Crippen LogP contribution in [0.25, 0.3) is 0 Å². The number of amides is 1. The lowest BCUT2D eigenvalue weighted by atomic mass is 10.2. The molecule has 96 valence electrons. The summed E-state index contributed by atoms with van der Waals surface area (Å²) in [5, 5.41) is 8.98. The molecule has 0 aromatic carbocycles. The van der Waals surface area contributed by atoms with Gasteiger partial charge in [-0.15, -0.1) is 0 Å².